The van der Waals surface area contributed by atoms with E-state index in [1.807, 2.05) is 0 Å². The van der Waals surface area contributed by atoms with E-state index in [4.69, 9.17) is 18.9 Å². The first kappa shape index (κ1) is 24.8. The largest absolute Gasteiger partial charge is 0.464 e. The molecule has 0 spiro atoms. The molecule has 0 rings (SSSR count). The lowest BCUT2D eigenvalue weighted by Crippen LogP contribution is -2.41. The van der Waals surface area contributed by atoms with E-state index < -0.39 is 24.1 Å². The van der Waals surface area contributed by atoms with Crippen molar-refractivity contribution in [2.75, 3.05) is 40.6 Å². The molecule has 0 aliphatic heterocycles. The highest BCUT2D eigenvalue weighted by Gasteiger charge is 2.32. The molecule has 2 atom stereocenters. The van der Waals surface area contributed by atoms with Gasteiger partial charge in [-0.05, 0) is 38.5 Å². The van der Waals surface area contributed by atoms with E-state index in [0.29, 0.717) is 26.1 Å². The van der Waals surface area contributed by atoms with Gasteiger partial charge in [0.15, 0.2) is 12.2 Å². The Balaban J connectivity index is 3.78. The van der Waals surface area contributed by atoms with Gasteiger partial charge < -0.3 is 29.2 Å². The van der Waals surface area contributed by atoms with Crippen LogP contribution in [0.25, 0.3) is 0 Å². The summed E-state index contributed by atoms with van der Waals surface area (Å²) < 4.78 is 19.6. The third-order valence-electron chi connectivity index (χ3n) is 3.76. The summed E-state index contributed by atoms with van der Waals surface area (Å²) in [6.45, 7) is 1.65. The molecular formula is C18H34O8. The summed E-state index contributed by atoms with van der Waals surface area (Å²) in [4.78, 5) is 23.3. The summed E-state index contributed by atoms with van der Waals surface area (Å²) >= 11 is 0. The molecule has 0 aromatic rings. The van der Waals surface area contributed by atoms with Crippen LogP contribution in [0.2, 0.25) is 0 Å². The monoisotopic (exact) mass is 378 g/mol. The smallest absolute Gasteiger partial charge is 0.338 e. The number of esters is 2. The summed E-state index contributed by atoms with van der Waals surface area (Å²) in [7, 11) is 3.28. The molecule has 0 saturated carbocycles. The molecule has 0 heterocycles. The van der Waals surface area contributed by atoms with Gasteiger partial charge in [-0.25, -0.2) is 9.59 Å². The SMILES string of the molecule is COCCCCCCOC(=O)[C@H](O)[C@@H](O)C(=O)OCCCCCCOC. The van der Waals surface area contributed by atoms with Gasteiger partial charge in [0.2, 0.25) is 0 Å². The molecular weight excluding hydrogens is 344 g/mol. The van der Waals surface area contributed by atoms with Crippen LogP contribution < -0.4 is 0 Å². The van der Waals surface area contributed by atoms with Crippen LogP contribution in [0, 0.1) is 0 Å². The lowest BCUT2D eigenvalue weighted by molar-refractivity contribution is -0.173. The van der Waals surface area contributed by atoms with Crippen molar-refractivity contribution in [3.8, 4) is 0 Å². The molecule has 0 bridgehead atoms. The van der Waals surface area contributed by atoms with Crippen LogP contribution in [0.1, 0.15) is 51.4 Å². The van der Waals surface area contributed by atoms with Gasteiger partial charge in [-0.3, -0.25) is 0 Å². The Hall–Kier alpha value is -1.22. The van der Waals surface area contributed by atoms with Crippen molar-refractivity contribution in [3.63, 3.8) is 0 Å². The molecule has 26 heavy (non-hydrogen) atoms. The first-order valence-electron chi connectivity index (χ1n) is 9.21. The van der Waals surface area contributed by atoms with Gasteiger partial charge in [-0.1, -0.05) is 12.8 Å². The van der Waals surface area contributed by atoms with Gasteiger partial charge in [0, 0.05) is 27.4 Å². The number of methoxy groups -OCH3 is 2. The highest BCUT2D eigenvalue weighted by Crippen LogP contribution is 2.05. The first-order valence-corrected chi connectivity index (χ1v) is 9.21. The maximum atomic E-state index is 11.6. The molecule has 8 nitrogen and oxygen atoms in total. The van der Waals surface area contributed by atoms with Crippen molar-refractivity contribution in [1.82, 2.24) is 0 Å². The van der Waals surface area contributed by atoms with E-state index in [0.717, 1.165) is 38.5 Å². The molecule has 0 saturated heterocycles. The third kappa shape index (κ3) is 13.0. The fourth-order valence-corrected chi connectivity index (χ4v) is 2.18. The van der Waals surface area contributed by atoms with Gasteiger partial charge >= 0.3 is 11.9 Å². The summed E-state index contributed by atoms with van der Waals surface area (Å²) in [6, 6.07) is 0. The van der Waals surface area contributed by atoms with Crippen LogP contribution in [-0.2, 0) is 28.5 Å². The van der Waals surface area contributed by atoms with E-state index in [-0.39, 0.29) is 13.2 Å². The molecule has 2 N–H and O–H groups in total. The van der Waals surface area contributed by atoms with E-state index in [9.17, 15) is 19.8 Å². The van der Waals surface area contributed by atoms with Crippen molar-refractivity contribution >= 4 is 11.9 Å². The second-order valence-corrected chi connectivity index (χ2v) is 6.04. The zero-order chi connectivity index (χ0) is 19.6. The minimum absolute atomic E-state index is 0.131. The van der Waals surface area contributed by atoms with Crippen LogP contribution in [-0.4, -0.2) is 75.0 Å². The maximum absolute atomic E-state index is 11.6. The van der Waals surface area contributed by atoms with Crippen LogP contribution >= 0.6 is 0 Å². The van der Waals surface area contributed by atoms with E-state index in [2.05, 4.69) is 0 Å². The lowest BCUT2D eigenvalue weighted by atomic mass is 10.2. The summed E-state index contributed by atoms with van der Waals surface area (Å²) in [6.07, 6.45) is 2.92. The number of hydrogen-bond donors (Lipinski definition) is 2. The molecule has 0 fully saturated rings. The Morgan fingerprint density at radius 3 is 1.23 bits per heavy atom. The number of ether oxygens (including phenoxy) is 4. The number of rotatable bonds is 17. The standard InChI is InChI=1S/C18H34O8/c1-23-11-7-3-5-9-13-25-17(21)15(19)16(20)18(22)26-14-10-6-4-8-12-24-2/h15-16,19-20H,3-14H2,1-2H3/t15-,16-/m1/s1. The molecule has 8 heteroatoms. The molecule has 0 aromatic carbocycles. The van der Waals surface area contributed by atoms with Crippen LogP contribution in [0.5, 0.6) is 0 Å². The average molecular weight is 378 g/mol. The van der Waals surface area contributed by atoms with Crippen LogP contribution in [0.15, 0.2) is 0 Å². The summed E-state index contributed by atoms with van der Waals surface area (Å²) in [5, 5.41) is 19.3. The Labute approximate surface area is 155 Å². The number of carbonyl (C=O) groups is 2. The lowest BCUT2D eigenvalue weighted by Gasteiger charge is -2.16. The normalized spacial score (nSPS) is 13.2. The zero-order valence-corrected chi connectivity index (χ0v) is 16.0. The van der Waals surface area contributed by atoms with Gasteiger partial charge in [0.05, 0.1) is 13.2 Å². The van der Waals surface area contributed by atoms with E-state index in [1.165, 1.54) is 0 Å². The number of hydrogen-bond acceptors (Lipinski definition) is 8. The minimum Gasteiger partial charge on any atom is -0.464 e. The fraction of sp³-hybridized carbons (Fsp3) is 0.889. The molecule has 154 valence electrons. The number of unbranched alkanes of at least 4 members (excludes halogenated alkanes) is 6. The first-order chi connectivity index (χ1) is 12.5. The van der Waals surface area contributed by atoms with Crippen molar-refractivity contribution in [1.29, 1.82) is 0 Å². The third-order valence-corrected chi connectivity index (χ3v) is 3.76. The summed E-state index contributed by atoms with van der Waals surface area (Å²) in [5.74, 6) is -2.04. The van der Waals surface area contributed by atoms with Gasteiger partial charge in [0.25, 0.3) is 0 Å². The Bertz CT molecular complexity index is 327. The number of carbonyl (C=O) groups excluding carboxylic acids is 2. The van der Waals surface area contributed by atoms with Crippen molar-refractivity contribution in [2.24, 2.45) is 0 Å². The Morgan fingerprint density at radius 2 is 0.923 bits per heavy atom. The second kappa shape index (κ2) is 17.2. The fourth-order valence-electron chi connectivity index (χ4n) is 2.18. The molecule has 0 aromatic heterocycles. The van der Waals surface area contributed by atoms with Crippen LogP contribution in [0.3, 0.4) is 0 Å². The van der Waals surface area contributed by atoms with Crippen molar-refractivity contribution < 1.29 is 38.7 Å². The zero-order valence-electron chi connectivity index (χ0n) is 16.0. The van der Waals surface area contributed by atoms with E-state index in [1.54, 1.807) is 14.2 Å². The Morgan fingerprint density at radius 1 is 0.615 bits per heavy atom. The topological polar surface area (TPSA) is 112 Å². The second-order valence-electron chi connectivity index (χ2n) is 6.04. The minimum atomic E-state index is -1.93. The number of aliphatic hydroxyl groups is 2. The van der Waals surface area contributed by atoms with Gasteiger partial charge in [-0.2, -0.15) is 0 Å². The van der Waals surface area contributed by atoms with Crippen molar-refractivity contribution in [3.05, 3.63) is 0 Å². The quantitative estimate of drug-likeness (QED) is 0.287. The number of aliphatic hydroxyl groups excluding tert-OH is 2. The van der Waals surface area contributed by atoms with Crippen molar-refractivity contribution in [2.45, 2.75) is 63.6 Å². The van der Waals surface area contributed by atoms with Gasteiger partial charge in [0.1, 0.15) is 0 Å². The van der Waals surface area contributed by atoms with E-state index >= 15 is 0 Å². The Kier molecular flexibility index (Phi) is 16.4. The molecule has 0 amide bonds. The highest BCUT2D eigenvalue weighted by atomic mass is 16.6. The predicted octanol–water partition coefficient (Wildman–Crippen LogP) is 1.21. The maximum Gasteiger partial charge on any atom is 0.338 e. The molecule has 0 unspecified atom stereocenters. The molecule has 0 aliphatic rings. The molecule has 0 aliphatic carbocycles. The summed E-state index contributed by atoms with van der Waals surface area (Å²) in [5.41, 5.74) is 0. The molecule has 0 radical (unpaired) electrons. The highest BCUT2D eigenvalue weighted by molar-refractivity contribution is 5.85. The predicted molar refractivity (Wildman–Crippen MR) is 94.6 cm³/mol. The van der Waals surface area contributed by atoms with Gasteiger partial charge in [-0.15, -0.1) is 0 Å². The van der Waals surface area contributed by atoms with Crippen LogP contribution in [0.4, 0.5) is 0 Å². The average Bonchev–Trinajstić information content (AvgIpc) is 2.64.